The van der Waals surface area contributed by atoms with Gasteiger partial charge in [0.25, 0.3) is 5.56 Å². The SMILES string of the molecule is CCc1ccc2[nH]c(=O)c(C(c3nnnn3Cc3ccc(F)cc3)N3CCOCC3)cc2c1. The Kier molecular flexibility index (Phi) is 5.97. The van der Waals surface area contributed by atoms with Crippen molar-refractivity contribution in [3.8, 4) is 0 Å². The monoisotopic (exact) mass is 448 g/mol. The molecule has 2 aromatic carbocycles. The molecule has 4 aromatic rings. The van der Waals surface area contributed by atoms with E-state index in [9.17, 15) is 9.18 Å². The van der Waals surface area contributed by atoms with E-state index < -0.39 is 6.04 Å². The number of aryl methyl sites for hydroxylation is 1. The van der Waals surface area contributed by atoms with Gasteiger partial charge in [0.2, 0.25) is 0 Å². The molecule has 1 aliphatic rings. The highest BCUT2D eigenvalue weighted by Crippen LogP contribution is 2.28. The number of nitrogens with one attached hydrogen (secondary N) is 1. The van der Waals surface area contributed by atoms with Crippen LogP contribution in [0.4, 0.5) is 4.39 Å². The Morgan fingerprint density at radius 1 is 1.09 bits per heavy atom. The number of halogens is 1. The van der Waals surface area contributed by atoms with E-state index in [4.69, 9.17) is 4.74 Å². The van der Waals surface area contributed by atoms with Crippen LogP contribution in [0.5, 0.6) is 0 Å². The summed E-state index contributed by atoms with van der Waals surface area (Å²) >= 11 is 0. The van der Waals surface area contributed by atoms with Crippen molar-refractivity contribution >= 4 is 10.9 Å². The predicted octanol–water partition coefficient (Wildman–Crippen LogP) is 2.69. The Bertz CT molecular complexity index is 1310. The first-order valence-electron chi connectivity index (χ1n) is 11.1. The molecule has 0 amide bonds. The van der Waals surface area contributed by atoms with Crippen LogP contribution >= 0.6 is 0 Å². The largest absolute Gasteiger partial charge is 0.379 e. The molecule has 8 nitrogen and oxygen atoms in total. The number of H-pyrrole nitrogens is 1. The Morgan fingerprint density at radius 2 is 1.85 bits per heavy atom. The molecule has 1 N–H and O–H groups in total. The number of nitrogens with zero attached hydrogens (tertiary/aromatic N) is 5. The Hall–Kier alpha value is -3.43. The first-order valence-corrected chi connectivity index (χ1v) is 11.1. The van der Waals surface area contributed by atoms with Crippen LogP contribution in [0.15, 0.2) is 53.3 Å². The summed E-state index contributed by atoms with van der Waals surface area (Å²) in [6, 6.07) is 13.8. The van der Waals surface area contributed by atoms with E-state index in [-0.39, 0.29) is 11.4 Å². The minimum absolute atomic E-state index is 0.167. The summed E-state index contributed by atoms with van der Waals surface area (Å²) in [7, 11) is 0. The summed E-state index contributed by atoms with van der Waals surface area (Å²) in [5.74, 6) is 0.272. The first-order chi connectivity index (χ1) is 16.1. The normalized spacial score (nSPS) is 15.7. The van der Waals surface area contributed by atoms with Gasteiger partial charge in [-0.15, -0.1) is 5.10 Å². The molecule has 9 heteroatoms. The lowest BCUT2D eigenvalue weighted by atomic mass is 10.0. The summed E-state index contributed by atoms with van der Waals surface area (Å²) < 4.78 is 20.6. The van der Waals surface area contributed by atoms with Gasteiger partial charge in [0.1, 0.15) is 11.9 Å². The fraction of sp³-hybridized carbons (Fsp3) is 0.333. The van der Waals surface area contributed by atoms with Crippen molar-refractivity contribution in [2.24, 2.45) is 0 Å². The number of ether oxygens (including phenoxy) is 1. The minimum Gasteiger partial charge on any atom is -0.379 e. The van der Waals surface area contributed by atoms with E-state index >= 15 is 0 Å². The Labute approximate surface area is 190 Å². The van der Waals surface area contributed by atoms with Gasteiger partial charge in [-0.2, -0.15) is 0 Å². The highest BCUT2D eigenvalue weighted by Gasteiger charge is 2.31. The maximum atomic E-state index is 13.4. The molecule has 0 spiro atoms. The van der Waals surface area contributed by atoms with Crippen molar-refractivity contribution in [2.75, 3.05) is 26.3 Å². The van der Waals surface area contributed by atoms with Gasteiger partial charge in [0, 0.05) is 24.2 Å². The highest BCUT2D eigenvalue weighted by atomic mass is 19.1. The summed E-state index contributed by atoms with van der Waals surface area (Å²) in [5.41, 5.74) is 3.29. The van der Waals surface area contributed by atoms with Crippen LogP contribution in [0.3, 0.4) is 0 Å². The van der Waals surface area contributed by atoms with Crippen LogP contribution in [-0.2, 0) is 17.7 Å². The molecule has 1 aliphatic heterocycles. The second kappa shape index (κ2) is 9.21. The topological polar surface area (TPSA) is 88.9 Å². The Balaban J connectivity index is 1.61. The van der Waals surface area contributed by atoms with Crippen molar-refractivity contribution < 1.29 is 9.13 Å². The van der Waals surface area contributed by atoms with E-state index in [1.807, 2.05) is 18.2 Å². The van der Waals surface area contributed by atoms with Crippen molar-refractivity contribution in [1.29, 1.82) is 0 Å². The summed E-state index contributed by atoms with van der Waals surface area (Å²) in [4.78, 5) is 18.5. The number of pyridine rings is 1. The standard InChI is InChI=1S/C24H25FN6O2/c1-2-16-5-8-21-18(13-16)14-20(24(32)26-21)22(30-9-11-33-12-10-30)23-27-28-29-31(23)15-17-3-6-19(25)7-4-17/h3-8,13-14,22H,2,9-12,15H2,1H3,(H,26,32). The van der Waals surface area contributed by atoms with E-state index in [1.54, 1.807) is 16.8 Å². The van der Waals surface area contributed by atoms with Crippen LogP contribution < -0.4 is 5.56 Å². The van der Waals surface area contributed by atoms with Gasteiger partial charge < -0.3 is 9.72 Å². The fourth-order valence-electron chi connectivity index (χ4n) is 4.31. The zero-order valence-corrected chi connectivity index (χ0v) is 18.4. The van der Waals surface area contributed by atoms with E-state index in [0.717, 1.165) is 22.9 Å². The highest BCUT2D eigenvalue weighted by molar-refractivity contribution is 5.80. The average molecular weight is 449 g/mol. The maximum absolute atomic E-state index is 13.4. The molecule has 5 rings (SSSR count). The van der Waals surface area contributed by atoms with E-state index in [2.05, 4.69) is 38.4 Å². The molecular formula is C24H25FN6O2. The third-order valence-electron chi connectivity index (χ3n) is 6.10. The van der Waals surface area contributed by atoms with Gasteiger partial charge >= 0.3 is 0 Å². The van der Waals surface area contributed by atoms with Gasteiger partial charge in [-0.25, -0.2) is 9.07 Å². The third kappa shape index (κ3) is 4.42. The van der Waals surface area contributed by atoms with Gasteiger partial charge in [0.15, 0.2) is 5.82 Å². The number of morpholine rings is 1. The molecule has 1 atom stereocenters. The van der Waals surface area contributed by atoms with Crippen LogP contribution in [0.1, 0.15) is 35.5 Å². The van der Waals surface area contributed by atoms with Gasteiger partial charge in [-0.1, -0.05) is 25.1 Å². The van der Waals surface area contributed by atoms with Crippen LogP contribution in [0.25, 0.3) is 10.9 Å². The summed E-state index contributed by atoms with van der Waals surface area (Å²) in [5, 5.41) is 13.4. The zero-order chi connectivity index (χ0) is 22.8. The summed E-state index contributed by atoms with van der Waals surface area (Å²) in [6.07, 6.45) is 0.910. The molecule has 2 aromatic heterocycles. The lowest BCUT2D eigenvalue weighted by Gasteiger charge is -2.33. The molecule has 0 aliphatic carbocycles. The quantitative estimate of drug-likeness (QED) is 0.488. The van der Waals surface area contributed by atoms with Crippen molar-refractivity contribution in [1.82, 2.24) is 30.1 Å². The molecular weight excluding hydrogens is 423 g/mol. The second-order valence-corrected chi connectivity index (χ2v) is 8.20. The number of aromatic amines is 1. The lowest BCUT2D eigenvalue weighted by Crippen LogP contribution is -2.42. The van der Waals surface area contributed by atoms with Gasteiger partial charge in [0.05, 0.1) is 19.8 Å². The van der Waals surface area contributed by atoms with Crippen molar-refractivity contribution in [2.45, 2.75) is 25.9 Å². The lowest BCUT2D eigenvalue weighted by molar-refractivity contribution is 0.0214. The second-order valence-electron chi connectivity index (χ2n) is 8.20. The number of fused-ring (bicyclic) bond motifs is 1. The molecule has 0 radical (unpaired) electrons. The predicted molar refractivity (Wildman–Crippen MR) is 122 cm³/mol. The molecule has 170 valence electrons. The molecule has 1 saturated heterocycles. The van der Waals surface area contributed by atoms with Crippen LogP contribution in [-0.4, -0.2) is 56.4 Å². The number of hydrogen-bond donors (Lipinski definition) is 1. The number of hydrogen-bond acceptors (Lipinski definition) is 6. The smallest absolute Gasteiger partial charge is 0.253 e. The minimum atomic E-state index is -0.442. The molecule has 1 fully saturated rings. The van der Waals surface area contributed by atoms with Crippen molar-refractivity contribution in [3.63, 3.8) is 0 Å². The molecule has 1 unspecified atom stereocenters. The fourth-order valence-corrected chi connectivity index (χ4v) is 4.31. The Morgan fingerprint density at radius 3 is 2.61 bits per heavy atom. The van der Waals surface area contributed by atoms with E-state index in [1.165, 1.54) is 17.7 Å². The summed E-state index contributed by atoms with van der Waals surface area (Å²) in [6.45, 7) is 4.92. The zero-order valence-electron chi connectivity index (χ0n) is 18.4. The van der Waals surface area contributed by atoms with Crippen molar-refractivity contribution in [3.05, 3.63) is 87.2 Å². The molecule has 0 bridgehead atoms. The van der Waals surface area contributed by atoms with Crippen LogP contribution in [0, 0.1) is 5.82 Å². The maximum Gasteiger partial charge on any atom is 0.253 e. The number of benzene rings is 2. The number of tetrazole rings is 1. The van der Waals surface area contributed by atoms with Crippen LogP contribution in [0.2, 0.25) is 0 Å². The van der Waals surface area contributed by atoms with E-state index in [0.29, 0.717) is 44.2 Å². The van der Waals surface area contributed by atoms with Gasteiger partial charge in [-0.3, -0.25) is 9.69 Å². The average Bonchev–Trinajstić information content (AvgIpc) is 3.29. The molecule has 3 heterocycles. The van der Waals surface area contributed by atoms with Gasteiger partial charge in [-0.05, 0) is 63.7 Å². The number of aromatic nitrogens is 5. The number of rotatable bonds is 6. The molecule has 33 heavy (non-hydrogen) atoms. The third-order valence-corrected chi connectivity index (χ3v) is 6.10. The molecule has 0 saturated carbocycles. The first kappa shape index (κ1) is 21.4.